The van der Waals surface area contributed by atoms with Crippen LogP contribution in [0.1, 0.15) is 34.6 Å². The summed E-state index contributed by atoms with van der Waals surface area (Å²) in [6.07, 6.45) is -1.76. The minimum atomic E-state index is -0.878. The van der Waals surface area contributed by atoms with Gasteiger partial charge in [-0.05, 0) is 48.9 Å². The highest BCUT2D eigenvalue weighted by atomic mass is 16.7. The van der Waals surface area contributed by atoms with E-state index in [2.05, 4.69) is 19.1 Å². The molecule has 0 atom stereocenters. The topological polar surface area (TPSA) is 129 Å². The Morgan fingerprint density at radius 2 is 1.11 bits per heavy atom. The number of hydroxylamine groups is 2. The van der Waals surface area contributed by atoms with Gasteiger partial charge in [-0.15, -0.1) is 11.0 Å². The molecule has 2 rings (SSSR count). The quantitative estimate of drug-likeness (QED) is 0.602. The molecule has 10 nitrogen and oxygen atoms in total. The Labute approximate surface area is 159 Å². The number of hydrogen-bond donors (Lipinski definition) is 2. The van der Waals surface area contributed by atoms with Crippen LogP contribution in [0.5, 0.6) is 0 Å². The Hall–Kier alpha value is -3.82. The largest absolute Gasteiger partial charge is 0.448 e. The van der Waals surface area contributed by atoms with Crippen molar-refractivity contribution < 1.29 is 38.3 Å². The van der Waals surface area contributed by atoms with Gasteiger partial charge in [0.15, 0.2) is 0 Å². The van der Waals surface area contributed by atoms with Crippen LogP contribution in [0.3, 0.4) is 0 Å². The Kier molecular flexibility index (Phi) is 7.14. The van der Waals surface area contributed by atoms with Crippen molar-refractivity contribution in [3.63, 3.8) is 0 Å². The summed E-state index contributed by atoms with van der Waals surface area (Å²) in [4.78, 5) is 55.5. The highest BCUT2D eigenvalue weighted by Gasteiger charge is 2.14. The van der Waals surface area contributed by atoms with Crippen molar-refractivity contribution in [3.05, 3.63) is 47.5 Å². The number of hydrogen-bond acceptors (Lipinski definition) is 8. The van der Waals surface area contributed by atoms with Crippen LogP contribution in [0.25, 0.3) is 10.8 Å². The molecule has 0 unspecified atom stereocenters. The molecule has 28 heavy (non-hydrogen) atoms. The van der Waals surface area contributed by atoms with Crippen LogP contribution in [0.15, 0.2) is 36.4 Å². The summed E-state index contributed by atoms with van der Waals surface area (Å²) in [6, 6.07) is 9.15. The summed E-state index contributed by atoms with van der Waals surface area (Å²) >= 11 is 0. The molecule has 0 aliphatic carbocycles. The molecule has 0 saturated heterocycles. The van der Waals surface area contributed by atoms with Gasteiger partial charge in [-0.2, -0.15) is 0 Å². The van der Waals surface area contributed by atoms with Gasteiger partial charge in [-0.3, -0.25) is 0 Å². The second-order valence-corrected chi connectivity index (χ2v) is 5.20. The molecule has 0 radical (unpaired) electrons. The highest BCUT2D eigenvalue weighted by Crippen LogP contribution is 2.19. The Morgan fingerprint density at radius 3 is 1.46 bits per heavy atom. The van der Waals surface area contributed by atoms with E-state index in [1.54, 1.807) is 26.0 Å². The van der Waals surface area contributed by atoms with Crippen molar-refractivity contribution in [2.24, 2.45) is 0 Å². The first-order valence-corrected chi connectivity index (χ1v) is 8.26. The number of amides is 2. The maximum Gasteiger partial charge on any atom is 0.440 e. The molecule has 2 N–H and O–H groups in total. The number of nitrogens with one attached hydrogen (secondary N) is 2. The average molecular weight is 390 g/mol. The van der Waals surface area contributed by atoms with E-state index < -0.39 is 24.1 Å². The van der Waals surface area contributed by atoms with E-state index >= 15 is 0 Å². The van der Waals surface area contributed by atoms with Crippen molar-refractivity contribution in [2.75, 3.05) is 13.2 Å². The lowest BCUT2D eigenvalue weighted by molar-refractivity contribution is 0.0213. The molecule has 0 aliphatic rings. The second kappa shape index (κ2) is 9.76. The number of ether oxygens (including phenoxy) is 2. The van der Waals surface area contributed by atoms with Crippen LogP contribution in [0.2, 0.25) is 0 Å². The van der Waals surface area contributed by atoms with Crippen LogP contribution in [0.4, 0.5) is 9.59 Å². The molecule has 148 valence electrons. The Morgan fingerprint density at radius 1 is 0.714 bits per heavy atom. The minimum absolute atomic E-state index is 0.138. The number of rotatable bonds is 4. The van der Waals surface area contributed by atoms with Crippen LogP contribution in [-0.2, 0) is 19.1 Å². The molecule has 0 aliphatic heterocycles. The smallest absolute Gasteiger partial charge is 0.440 e. The lowest BCUT2D eigenvalue weighted by Crippen LogP contribution is -2.27. The van der Waals surface area contributed by atoms with E-state index in [-0.39, 0.29) is 24.3 Å². The zero-order chi connectivity index (χ0) is 20.5. The predicted octanol–water partition coefficient (Wildman–Crippen LogP) is 2.48. The zero-order valence-corrected chi connectivity index (χ0v) is 15.1. The molecule has 2 amide bonds. The molecule has 0 spiro atoms. The van der Waals surface area contributed by atoms with Gasteiger partial charge < -0.3 is 19.1 Å². The van der Waals surface area contributed by atoms with E-state index in [4.69, 9.17) is 0 Å². The van der Waals surface area contributed by atoms with Crippen molar-refractivity contribution in [3.8, 4) is 0 Å². The van der Waals surface area contributed by atoms with Crippen molar-refractivity contribution in [1.82, 2.24) is 11.0 Å². The maximum absolute atomic E-state index is 12.0. The molecule has 0 heterocycles. The van der Waals surface area contributed by atoms with E-state index in [0.717, 1.165) is 0 Å². The molecule has 2 aromatic carbocycles. The van der Waals surface area contributed by atoms with Gasteiger partial charge in [0.25, 0.3) is 0 Å². The van der Waals surface area contributed by atoms with Crippen LogP contribution in [-0.4, -0.2) is 37.3 Å². The van der Waals surface area contributed by atoms with Gasteiger partial charge in [-0.1, -0.05) is 12.1 Å². The summed E-state index contributed by atoms with van der Waals surface area (Å²) in [7, 11) is 0. The van der Waals surface area contributed by atoms with E-state index in [9.17, 15) is 19.2 Å². The molecule has 0 aromatic heterocycles. The SMILES string of the molecule is CCOC(=O)NOC(=O)c1ccc2cc(C(=O)ONC(=O)OCC)ccc2c1. The Bertz CT molecular complexity index is 823. The predicted molar refractivity (Wildman–Crippen MR) is 95.1 cm³/mol. The first-order valence-electron chi connectivity index (χ1n) is 8.26. The third-order valence-corrected chi connectivity index (χ3v) is 3.32. The van der Waals surface area contributed by atoms with E-state index in [1.165, 1.54) is 24.3 Å². The van der Waals surface area contributed by atoms with Crippen LogP contribution in [0, 0.1) is 0 Å². The molecular formula is C18H18N2O8. The van der Waals surface area contributed by atoms with Crippen LogP contribution >= 0.6 is 0 Å². The maximum atomic E-state index is 12.0. The lowest BCUT2D eigenvalue weighted by atomic mass is 10.0. The summed E-state index contributed by atoms with van der Waals surface area (Å²) in [6.45, 7) is 3.50. The molecule has 2 aromatic rings. The van der Waals surface area contributed by atoms with Gasteiger partial charge in [0, 0.05) is 0 Å². The summed E-state index contributed by atoms with van der Waals surface area (Å²) < 4.78 is 9.15. The molecule has 0 fully saturated rings. The van der Waals surface area contributed by atoms with Crippen molar-refractivity contribution in [1.29, 1.82) is 0 Å². The second-order valence-electron chi connectivity index (χ2n) is 5.20. The monoisotopic (exact) mass is 390 g/mol. The third kappa shape index (κ3) is 5.59. The van der Waals surface area contributed by atoms with Crippen LogP contribution < -0.4 is 11.0 Å². The average Bonchev–Trinajstić information content (AvgIpc) is 2.69. The fraction of sp³-hybridized carbons (Fsp3) is 0.222. The van der Waals surface area contributed by atoms with E-state index in [1.807, 2.05) is 11.0 Å². The highest BCUT2D eigenvalue weighted by molar-refractivity contribution is 5.99. The van der Waals surface area contributed by atoms with Gasteiger partial charge in [0.2, 0.25) is 0 Å². The van der Waals surface area contributed by atoms with Crippen molar-refractivity contribution >= 4 is 34.9 Å². The molecule has 0 saturated carbocycles. The van der Waals surface area contributed by atoms with Gasteiger partial charge >= 0.3 is 24.1 Å². The third-order valence-electron chi connectivity index (χ3n) is 3.32. The van der Waals surface area contributed by atoms with Gasteiger partial charge in [-0.25, -0.2) is 19.2 Å². The lowest BCUT2D eigenvalue weighted by Gasteiger charge is -2.08. The number of fused-ring (bicyclic) bond motifs is 1. The molecule has 0 bridgehead atoms. The normalized spacial score (nSPS) is 9.93. The fourth-order valence-electron chi connectivity index (χ4n) is 2.11. The fourth-order valence-corrected chi connectivity index (χ4v) is 2.11. The Balaban J connectivity index is 2.05. The summed E-state index contributed by atoms with van der Waals surface area (Å²) in [5.74, 6) is -1.56. The van der Waals surface area contributed by atoms with Crippen molar-refractivity contribution in [2.45, 2.75) is 13.8 Å². The summed E-state index contributed by atoms with van der Waals surface area (Å²) in [5, 5.41) is 1.28. The zero-order valence-electron chi connectivity index (χ0n) is 15.1. The van der Waals surface area contributed by atoms with Gasteiger partial charge in [0.05, 0.1) is 24.3 Å². The first kappa shape index (κ1) is 20.5. The standard InChI is InChI=1S/C18H18N2O8/c1-3-25-17(23)19-27-15(21)13-7-5-12-10-14(8-6-11(12)9-13)16(22)28-20-18(24)26-4-2/h5-10H,3-4H2,1-2H3,(H,19,23)(H,20,24). The molecular weight excluding hydrogens is 372 g/mol. The minimum Gasteiger partial charge on any atom is -0.448 e. The number of carbonyl (C=O) groups is 4. The summed E-state index contributed by atoms with van der Waals surface area (Å²) in [5.41, 5.74) is 4.11. The van der Waals surface area contributed by atoms with Gasteiger partial charge in [0.1, 0.15) is 0 Å². The number of carbonyl (C=O) groups excluding carboxylic acids is 4. The molecule has 10 heteroatoms. The first-order chi connectivity index (χ1) is 13.4. The number of benzene rings is 2. The van der Waals surface area contributed by atoms with E-state index in [0.29, 0.717) is 10.8 Å².